The first-order valence-corrected chi connectivity index (χ1v) is 13.3. The number of benzene rings is 2. The topological polar surface area (TPSA) is 88.3 Å². The van der Waals surface area contributed by atoms with Crippen LogP contribution in [0.1, 0.15) is 43.5 Å². The number of nitrogens with two attached hydrogens (primary N) is 1. The molecule has 0 spiro atoms. The molecule has 9 heteroatoms. The van der Waals surface area contributed by atoms with Gasteiger partial charge in [-0.15, -0.1) is 0 Å². The maximum atomic E-state index is 15.0. The molecule has 2 aromatic rings. The van der Waals surface area contributed by atoms with Crippen LogP contribution in [0.5, 0.6) is 5.75 Å². The third kappa shape index (κ3) is 7.50. The number of aliphatic hydroxyl groups is 1. The van der Waals surface area contributed by atoms with Gasteiger partial charge in [-0.2, -0.15) is 0 Å². The van der Waals surface area contributed by atoms with Crippen LogP contribution in [-0.4, -0.2) is 84.8 Å². The molecule has 0 aromatic heterocycles. The molecule has 0 aliphatic carbocycles. The number of nitrogens with zero attached hydrogens (tertiary/aromatic N) is 2. The van der Waals surface area contributed by atoms with Crippen molar-refractivity contribution in [1.29, 1.82) is 0 Å². The molecule has 3 N–H and O–H groups in total. The zero-order valence-corrected chi connectivity index (χ0v) is 22.2. The lowest BCUT2D eigenvalue weighted by molar-refractivity contribution is 0.0545. The summed E-state index contributed by atoms with van der Waals surface area (Å²) >= 11 is 0. The number of amides is 1. The molecule has 38 heavy (non-hydrogen) atoms. The summed E-state index contributed by atoms with van der Waals surface area (Å²) in [4.78, 5) is 16.6. The predicted octanol–water partition coefficient (Wildman–Crippen LogP) is 3.84. The Kier molecular flexibility index (Phi) is 9.36. The quantitative estimate of drug-likeness (QED) is 0.453. The number of carbonyl (C=O) groups excluding carboxylic acids is 1. The largest absolute Gasteiger partial charge is 0.493 e. The molecule has 2 aliphatic heterocycles. The van der Waals surface area contributed by atoms with Gasteiger partial charge in [0.05, 0.1) is 37.7 Å². The van der Waals surface area contributed by atoms with Gasteiger partial charge in [-0.25, -0.2) is 8.78 Å². The SMILES string of the molecule is CC(C)(F)CN1CCC(COc2ccc(-c3ccc(C(=O)N4C[C@H](O)C[C@H]4COCN)c(F)c3)cc2)CC1. The summed E-state index contributed by atoms with van der Waals surface area (Å²) in [6, 6.07) is 11.7. The summed E-state index contributed by atoms with van der Waals surface area (Å²) in [5.74, 6) is 0.0899. The Bertz CT molecular complexity index is 1070. The zero-order chi connectivity index (χ0) is 27.3. The van der Waals surface area contributed by atoms with Gasteiger partial charge in [-0.3, -0.25) is 4.79 Å². The van der Waals surface area contributed by atoms with E-state index in [-0.39, 0.29) is 31.5 Å². The second kappa shape index (κ2) is 12.5. The molecule has 2 aromatic carbocycles. The van der Waals surface area contributed by atoms with Crippen LogP contribution >= 0.6 is 0 Å². The maximum absolute atomic E-state index is 15.0. The third-order valence-corrected chi connectivity index (χ3v) is 7.26. The fourth-order valence-electron chi connectivity index (χ4n) is 5.33. The lowest BCUT2D eigenvalue weighted by Gasteiger charge is -2.34. The molecule has 2 aliphatic rings. The standard InChI is InChI=1S/C29H39F2N3O4/c1-29(2,31)18-33-11-9-20(10-12-33)16-38-25-6-3-21(4-7-25)22-5-8-26(27(30)13-22)28(36)34-15-24(35)14-23(34)17-37-19-32/h3-8,13,20,23-24,35H,9-12,14-19,32H2,1-2H3/t23-,24+/m0/s1. The van der Waals surface area contributed by atoms with E-state index in [2.05, 4.69) is 4.90 Å². The van der Waals surface area contributed by atoms with E-state index in [4.69, 9.17) is 15.2 Å². The van der Waals surface area contributed by atoms with E-state index in [1.54, 1.807) is 19.9 Å². The minimum atomic E-state index is -1.18. The molecule has 0 saturated carbocycles. The number of aliphatic hydroxyl groups excluding tert-OH is 1. The van der Waals surface area contributed by atoms with E-state index < -0.39 is 23.5 Å². The summed E-state index contributed by atoms with van der Waals surface area (Å²) in [7, 11) is 0. The van der Waals surface area contributed by atoms with Crippen molar-refractivity contribution >= 4 is 5.91 Å². The van der Waals surface area contributed by atoms with Crippen molar-refractivity contribution < 1.29 is 28.2 Å². The summed E-state index contributed by atoms with van der Waals surface area (Å²) in [6.45, 7) is 6.41. The van der Waals surface area contributed by atoms with Gasteiger partial charge in [0.15, 0.2) is 0 Å². The van der Waals surface area contributed by atoms with E-state index in [0.717, 1.165) is 37.2 Å². The number of hydrogen-bond acceptors (Lipinski definition) is 6. The normalized spacial score (nSPS) is 21.2. The van der Waals surface area contributed by atoms with Gasteiger partial charge >= 0.3 is 0 Å². The van der Waals surface area contributed by atoms with Gasteiger partial charge in [-0.1, -0.05) is 18.2 Å². The number of piperidine rings is 1. The van der Waals surface area contributed by atoms with Crippen molar-refractivity contribution in [2.45, 2.75) is 50.9 Å². The molecule has 208 valence electrons. The highest BCUT2D eigenvalue weighted by Crippen LogP contribution is 2.28. The average Bonchev–Trinajstić information content (AvgIpc) is 3.26. The van der Waals surface area contributed by atoms with E-state index in [1.807, 2.05) is 24.3 Å². The third-order valence-electron chi connectivity index (χ3n) is 7.26. The van der Waals surface area contributed by atoms with E-state index >= 15 is 4.39 Å². The first kappa shape index (κ1) is 28.4. The van der Waals surface area contributed by atoms with E-state index in [9.17, 15) is 14.3 Å². The van der Waals surface area contributed by atoms with Gasteiger partial charge in [-0.05, 0) is 87.5 Å². The molecular weight excluding hydrogens is 492 g/mol. The van der Waals surface area contributed by atoms with Crippen molar-refractivity contribution in [2.75, 3.05) is 46.1 Å². The van der Waals surface area contributed by atoms with Gasteiger partial charge in [0, 0.05) is 13.1 Å². The maximum Gasteiger partial charge on any atom is 0.257 e. The summed E-state index contributed by atoms with van der Waals surface area (Å²) < 4.78 is 40.1. The number of carbonyl (C=O) groups is 1. The lowest BCUT2D eigenvalue weighted by atomic mass is 9.97. The number of likely N-dealkylation sites (tertiary alicyclic amines) is 2. The van der Waals surface area contributed by atoms with Crippen LogP contribution in [0, 0.1) is 11.7 Å². The monoisotopic (exact) mass is 531 g/mol. The highest BCUT2D eigenvalue weighted by atomic mass is 19.1. The fraction of sp³-hybridized carbons (Fsp3) is 0.552. The number of alkyl halides is 1. The second-order valence-electron chi connectivity index (χ2n) is 11.0. The molecule has 7 nitrogen and oxygen atoms in total. The van der Waals surface area contributed by atoms with Crippen LogP contribution in [0.3, 0.4) is 0 Å². The Morgan fingerprint density at radius 2 is 1.79 bits per heavy atom. The Hall–Kier alpha value is -2.59. The number of hydrogen-bond donors (Lipinski definition) is 2. The molecule has 1 amide bonds. The van der Waals surface area contributed by atoms with Gasteiger partial charge < -0.3 is 30.1 Å². The minimum absolute atomic E-state index is 0.0149. The van der Waals surface area contributed by atoms with Crippen LogP contribution in [-0.2, 0) is 4.74 Å². The highest BCUT2D eigenvalue weighted by Gasteiger charge is 2.35. The van der Waals surface area contributed by atoms with Crippen molar-refractivity contribution in [3.63, 3.8) is 0 Å². The van der Waals surface area contributed by atoms with Gasteiger partial charge in [0.1, 0.15) is 17.2 Å². The summed E-state index contributed by atoms with van der Waals surface area (Å²) in [5, 5.41) is 10.0. The predicted molar refractivity (Wildman–Crippen MR) is 142 cm³/mol. The number of halogens is 2. The average molecular weight is 532 g/mol. The molecular formula is C29H39F2N3O4. The molecule has 0 unspecified atom stereocenters. The van der Waals surface area contributed by atoms with Gasteiger partial charge in [0.25, 0.3) is 5.91 Å². The van der Waals surface area contributed by atoms with E-state index in [0.29, 0.717) is 31.1 Å². The van der Waals surface area contributed by atoms with Crippen LogP contribution in [0.25, 0.3) is 11.1 Å². The summed E-state index contributed by atoms with van der Waals surface area (Å²) in [6.07, 6.45) is 1.66. The molecule has 2 saturated heterocycles. The molecule has 2 fully saturated rings. The van der Waals surface area contributed by atoms with Crippen molar-refractivity contribution in [1.82, 2.24) is 9.80 Å². The number of β-amino-alcohol motifs (C(OH)–C–C–N with tert-alkyl or cyclic N) is 1. The molecule has 0 radical (unpaired) electrons. The molecule has 2 atom stereocenters. The lowest BCUT2D eigenvalue weighted by Crippen LogP contribution is -2.41. The Balaban J connectivity index is 1.32. The van der Waals surface area contributed by atoms with Crippen molar-refractivity contribution in [2.24, 2.45) is 11.7 Å². The van der Waals surface area contributed by atoms with Crippen LogP contribution in [0.4, 0.5) is 8.78 Å². The zero-order valence-electron chi connectivity index (χ0n) is 22.2. The van der Waals surface area contributed by atoms with E-state index in [1.165, 1.54) is 17.0 Å². The molecule has 4 rings (SSSR count). The van der Waals surface area contributed by atoms with Crippen molar-refractivity contribution in [3.05, 3.63) is 53.8 Å². The molecule has 2 heterocycles. The Morgan fingerprint density at radius 1 is 1.11 bits per heavy atom. The minimum Gasteiger partial charge on any atom is -0.493 e. The first-order chi connectivity index (χ1) is 18.1. The second-order valence-corrected chi connectivity index (χ2v) is 11.0. The first-order valence-electron chi connectivity index (χ1n) is 13.3. The fourth-order valence-corrected chi connectivity index (χ4v) is 5.33. The van der Waals surface area contributed by atoms with Crippen LogP contribution < -0.4 is 10.5 Å². The van der Waals surface area contributed by atoms with Crippen molar-refractivity contribution in [3.8, 4) is 16.9 Å². The highest BCUT2D eigenvalue weighted by molar-refractivity contribution is 5.95. The number of rotatable bonds is 10. The molecule has 0 bridgehead atoms. The summed E-state index contributed by atoms with van der Waals surface area (Å²) in [5.41, 5.74) is 5.63. The van der Waals surface area contributed by atoms with Crippen LogP contribution in [0.2, 0.25) is 0 Å². The van der Waals surface area contributed by atoms with Gasteiger partial charge in [0.2, 0.25) is 0 Å². The smallest absolute Gasteiger partial charge is 0.257 e. The number of ether oxygens (including phenoxy) is 2. The van der Waals surface area contributed by atoms with Crippen LogP contribution in [0.15, 0.2) is 42.5 Å². The Morgan fingerprint density at radius 3 is 2.42 bits per heavy atom. The Labute approximate surface area is 223 Å².